The van der Waals surface area contributed by atoms with Gasteiger partial charge >= 0.3 is 0 Å². The third-order valence-corrected chi connectivity index (χ3v) is 7.03. The number of methoxy groups -OCH3 is 3. The van der Waals surface area contributed by atoms with Gasteiger partial charge in [0.25, 0.3) is 0 Å². The van der Waals surface area contributed by atoms with Gasteiger partial charge in [0.2, 0.25) is 11.8 Å². The molecule has 1 heterocycles. The number of benzene rings is 3. The SMILES string of the molecule is COc1ccc(N=C2SC(C(=O)Nc3ccccc3)CC(=O)N2CCc2ccc(OC)c(OC)c2)cc1. The van der Waals surface area contributed by atoms with Crippen LogP contribution in [0.15, 0.2) is 77.8 Å². The summed E-state index contributed by atoms with van der Waals surface area (Å²) in [6, 6.07) is 22.1. The van der Waals surface area contributed by atoms with Crippen LogP contribution in [0, 0.1) is 0 Å². The van der Waals surface area contributed by atoms with Crippen LogP contribution in [0.2, 0.25) is 0 Å². The predicted molar refractivity (Wildman–Crippen MR) is 146 cm³/mol. The number of anilines is 1. The lowest BCUT2D eigenvalue weighted by Crippen LogP contribution is -2.46. The maximum absolute atomic E-state index is 13.3. The third-order valence-electron chi connectivity index (χ3n) is 5.84. The van der Waals surface area contributed by atoms with E-state index in [9.17, 15) is 9.59 Å². The molecule has 1 aliphatic rings. The first kappa shape index (κ1) is 26.1. The summed E-state index contributed by atoms with van der Waals surface area (Å²) in [7, 11) is 4.78. The van der Waals surface area contributed by atoms with E-state index in [0.29, 0.717) is 46.8 Å². The van der Waals surface area contributed by atoms with Crippen molar-refractivity contribution in [2.24, 2.45) is 4.99 Å². The Bertz CT molecular complexity index is 1260. The maximum Gasteiger partial charge on any atom is 0.238 e. The quantitative estimate of drug-likeness (QED) is 0.432. The van der Waals surface area contributed by atoms with Crippen LogP contribution in [0.4, 0.5) is 11.4 Å². The summed E-state index contributed by atoms with van der Waals surface area (Å²) in [5.74, 6) is 1.60. The zero-order chi connectivity index (χ0) is 26.2. The molecule has 8 nitrogen and oxygen atoms in total. The van der Waals surface area contributed by atoms with E-state index in [0.717, 1.165) is 5.56 Å². The summed E-state index contributed by atoms with van der Waals surface area (Å²) < 4.78 is 16.0. The van der Waals surface area contributed by atoms with Crippen LogP contribution >= 0.6 is 11.8 Å². The van der Waals surface area contributed by atoms with E-state index in [1.807, 2.05) is 72.8 Å². The molecule has 1 N–H and O–H groups in total. The van der Waals surface area contributed by atoms with Gasteiger partial charge in [0, 0.05) is 18.7 Å². The Morgan fingerprint density at radius 3 is 2.38 bits per heavy atom. The van der Waals surface area contributed by atoms with Gasteiger partial charge in [-0.15, -0.1) is 0 Å². The van der Waals surface area contributed by atoms with Crippen molar-refractivity contribution in [2.45, 2.75) is 18.1 Å². The molecule has 1 fully saturated rings. The van der Waals surface area contributed by atoms with Crippen molar-refractivity contribution in [2.75, 3.05) is 33.2 Å². The fourth-order valence-electron chi connectivity index (χ4n) is 3.85. The van der Waals surface area contributed by atoms with Crippen molar-refractivity contribution in [3.63, 3.8) is 0 Å². The zero-order valence-electron chi connectivity index (χ0n) is 21.0. The molecule has 0 bridgehead atoms. The van der Waals surface area contributed by atoms with Crippen LogP contribution in [0.1, 0.15) is 12.0 Å². The number of carbonyl (C=O) groups is 2. The van der Waals surface area contributed by atoms with E-state index >= 15 is 0 Å². The highest BCUT2D eigenvalue weighted by Gasteiger charge is 2.35. The molecule has 0 saturated carbocycles. The summed E-state index contributed by atoms with van der Waals surface area (Å²) in [5, 5.41) is 2.79. The average Bonchev–Trinajstić information content (AvgIpc) is 2.93. The Hall–Kier alpha value is -3.98. The maximum atomic E-state index is 13.3. The summed E-state index contributed by atoms with van der Waals surface area (Å²) in [5.41, 5.74) is 2.34. The molecular weight excluding hydrogens is 490 g/mol. The second-order valence-electron chi connectivity index (χ2n) is 8.24. The molecule has 1 saturated heterocycles. The minimum atomic E-state index is -0.595. The highest BCUT2D eigenvalue weighted by atomic mass is 32.2. The van der Waals surface area contributed by atoms with Gasteiger partial charge in [-0.3, -0.25) is 14.5 Å². The van der Waals surface area contributed by atoms with Crippen LogP contribution in [0.25, 0.3) is 0 Å². The monoisotopic (exact) mass is 519 g/mol. The number of nitrogens with one attached hydrogen (secondary N) is 1. The van der Waals surface area contributed by atoms with Crippen LogP contribution < -0.4 is 19.5 Å². The molecule has 2 amide bonds. The number of rotatable bonds is 9. The Balaban J connectivity index is 1.56. The molecule has 9 heteroatoms. The van der Waals surface area contributed by atoms with Crippen molar-refractivity contribution >= 4 is 40.1 Å². The van der Waals surface area contributed by atoms with Crippen LogP contribution in [-0.2, 0) is 16.0 Å². The number of hydrogen-bond acceptors (Lipinski definition) is 7. The number of nitrogens with zero attached hydrogens (tertiary/aromatic N) is 2. The second kappa shape index (κ2) is 12.3. The lowest BCUT2D eigenvalue weighted by atomic mass is 10.1. The molecule has 1 unspecified atom stereocenters. The van der Waals surface area contributed by atoms with Gasteiger partial charge in [-0.25, -0.2) is 4.99 Å². The van der Waals surface area contributed by atoms with Crippen molar-refractivity contribution in [3.8, 4) is 17.2 Å². The summed E-state index contributed by atoms with van der Waals surface area (Å²) in [4.78, 5) is 32.7. The van der Waals surface area contributed by atoms with Crippen molar-refractivity contribution in [1.29, 1.82) is 0 Å². The van der Waals surface area contributed by atoms with E-state index in [-0.39, 0.29) is 18.2 Å². The first-order valence-corrected chi connectivity index (χ1v) is 12.6. The lowest BCUT2D eigenvalue weighted by molar-refractivity contribution is -0.129. The predicted octanol–water partition coefficient (Wildman–Crippen LogP) is 4.92. The Kier molecular flexibility index (Phi) is 8.68. The van der Waals surface area contributed by atoms with Gasteiger partial charge in [-0.1, -0.05) is 36.0 Å². The first-order chi connectivity index (χ1) is 18.0. The van der Waals surface area contributed by atoms with Gasteiger partial charge in [-0.05, 0) is 60.5 Å². The van der Waals surface area contributed by atoms with Gasteiger partial charge in [0.15, 0.2) is 16.7 Å². The number of aliphatic imine (C=N–C) groups is 1. The van der Waals surface area contributed by atoms with Gasteiger partial charge in [-0.2, -0.15) is 0 Å². The Morgan fingerprint density at radius 1 is 0.973 bits per heavy atom. The van der Waals surface area contributed by atoms with Gasteiger partial charge in [0.1, 0.15) is 11.0 Å². The van der Waals surface area contributed by atoms with Crippen molar-refractivity contribution in [1.82, 2.24) is 4.90 Å². The van der Waals surface area contributed by atoms with Crippen LogP contribution in [-0.4, -0.2) is 55.0 Å². The summed E-state index contributed by atoms with van der Waals surface area (Å²) in [6.07, 6.45) is 0.659. The number of amides is 2. The summed E-state index contributed by atoms with van der Waals surface area (Å²) in [6.45, 7) is 0.406. The van der Waals surface area contributed by atoms with E-state index in [1.165, 1.54) is 11.8 Å². The molecule has 0 radical (unpaired) electrons. The number of para-hydroxylation sites is 1. The molecular formula is C28H29N3O5S. The zero-order valence-corrected chi connectivity index (χ0v) is 21.8. The largest absolute Gasteiger partial charge is 0.497 e. The molecule has 0 aliphatic carbocycles. The molecule has 1 atom stereocenters. The lowest BCUT2D eigenvalue weighted by Gasteiger charge is -2.32. The fraction of sp³-hybridized carbons (Fsp3) is 0.250. The van der Waals surface area contributed by atoms with E-state index < -0.39 is 5.25 Å². The van der Waals surface area contributed by atoms with Crippen molar-refractivity contribution < 1.29 is 23.8 Å². The standard InChI is InChI=1S/C28H29N3O5S/c1-34-22-12-10-21(11-13-22)30-28-31(16-15-19-9-14-23(35-2)24(17-19)36-3)26(32)18-25(37-28)27(33)29-20-7-5-4-6-8-20/h4-14,17,25H,15-16,18H2,1-3H3,(H,29,33). The molecule has 3 aromatic rings. The smallest absolute Gasteiger partial charge is 0.238 e. The molecule has 37 heavy (non-hydrogen) atoms. The minimum absolute atomic E-state index is 0.0803. The number of ether oxygens (including phenoxy) is 3. The van der Waals surface area contributed by atoms with E-state index in [4.69, 9.17) is 19.2 Å². The summed E-state index contributed by atoms with van der Waals surface area (Å²) >= 11 is 1.29. The molecule has 0 spiro atoms. The molecule has 0 aromatic heterocycles. The minimum Gasteiger partial charge on any atom is -0.497 e. The molecule has 3 aromatic carbocycles. The molecule has 1 aliphatic heterocycles. The molecule has 4 rings (SSSR count). The number of amidine groups is 1. The van der Waals surface area contributed by atoms with Crippen LogP contribution in [0.3, 0.4) is 0 Å². The topological polar surface area (TPSA) is 89.5 Å². The number of thioether (sulfide) groups is 1. The van der Waals surface area contributed by atoms with Crippen molar-refractivity contribution in [3.05, 3.63) is 78.4 Å². The second-order valence-corrected chi connectivity index (χ2v) is 9.41. The Morgan fingerprint density at radius 2 is 1.70 bits per heavy atom. The highest BCUT2D eigenvalue weighted by molar-refractivity contribution is 8.15. The highest BCUT2D eigenvalue weighted by Crippen LogP contribution is 2.32. The van der Waals surface area contributed by atoms with E-state index in [2.05, 4.69) is 5.32 Å². The third kappa shape index (κ3) is 6.62. The van der Waals surface area contributed by atoms with Gasteiger partial charge in [0.05, 0.1) is 27.0 Å². The Labute approximate surface area is 220 Å². The molecule has 192 valence electrons. The fourth-order valence-corrected chi connectivity index (χ4v) is 4.97. The first-order valence-electron chi connectivity index (χ1n) is 11.8. The van der Waals surface area contributed by atoms with Crippen LogP contribution in [0.5, 0.6) is 17.2 Å². The van der Waals surface area contributed by atoms with E-state index in [1.54, 1.807) is 26.2 Å². The van der Waals surface area contributed by atoms with Gasteiger partial charge < -0.3 is 19.5 Å². The number of carbonyl (C=O) groups excluding carboxylic acids is 2. The normalized spacial score (nSPS) is 16.4. The average molecular weight is 520 g/mol. The number of hydrogen-bond donors (Lipinski definition) is 1.